The third-order valence-corrected chi connectivity index (χ3v) is 4.33. The molecule has 2 N–H and O–H groups in total. The molecular formula is C20H23N5O3. The maximum Gasteiger partial charge on any atom is 0.350 e. The molecule has 2 aromatic heterocycles. The van der Waals surface area contributed by atoms with Crippen LogP contribution < -0.4 is 16.3 Å². The summed E-state index contributed by atoms with van der Waals surface area (Å²) in [5.74, 6) is -0.349. The van der Waals surface area contributed by atoms with Crippen LogP contribution in [0.2, 0.25) is 0 Å². The van der Waals surface area contributed by atoms with Crippen LogP contribution in [0.25, 0.3) is 5.65 Å². The molecule has 0 aliphatic heterocycles. The normalized spacial score (nSPS) is 11.9. The number of hydrogen-bond acceptors (Lipinski definition) is 4. The molecule has 28 heavy (non-hydrogen) atoms. The highest BCUT2D eigenvalue weighted by molar-refractivity contribution is 5.79. The molecule has 0 spiro atoms. The number of fused-ring (bicyclic) bond motifs is 1. The molecule has 0 aliphatic rings. The van der Waals surface area contributed by atoms with Crippen LogP contribution in [-0.2, 0) is 16.1 Å². The summed E-state index contributed by atoms with van der Waals surface area (Å²) in [5, 5.41) is 9.90. The number of aromatic nitrogens is 3. The van der Waals surface area contributed by atoms with Crippen molar-refractivity contribution >= 4 is 17.5 Å². The van der Waals surface area contributed by atoms with Gasteiger partial charge < -0.3 is 10.6 Å². The fraction of sp³-hybridized carbons (Fsp3) is 0.300. The van der Waals surface area contributed by atoms with E-state index in [1.165, 1.54) is 16.0 Å². The van der Waals surface area contributed by atoms with Crippen molar-refractivity contribution in [3.63, 3.8) is 0 Å². The second-order valence-electron chi connectivity index (χ2n) is 6.51. The highest BCUT2D eigenvalue weighted by Gasteiger charge is 2.16. The Bertz CT molecular complexity index is 1010. The van der Waals surface area contributed by atoms with Crippen molar-refractivity contribution in [3.8, 4) is 0 Å². The van der Waals surface area contributed by atoms with E-state index in [-0.39, 0.29) is 30.0 Å². The summed E-state index contributed by atoms with van der Waals surface area (Å²) in [6.45, 7) is 2.26. The molecule has 3 aromatic rings. The smallest absolute Gasteiger partial charge is 0.350 e. The number of aryl methyl sites for hydroxylation is 1. The second kappa shape index (κ2) is 8.98. The van der Waals surface area contributed by atoms with Crippen molar-refractivity contribution in [1.82, 2.24) is 24.8 Å². The SMILES string of the molecule is CC(=O)NC(CC(=O)NCCCn1nc2ccccn2c1=O)c1ccccc1. The van der Waals surface area contributed by atoms with Crippen LogP contribution in [0.4, 0.5) is 0 Å². The summed E-state index contributed by atoms with van der Waals surface area (Å²) in [6.07, 6.45) is 2.40. The van der Waals surface area contributed by atoms with Crippen molar-refractivity contribution in [2.45, 2.75) is 32.4 Å². The van der Waals surface area contributed by atoms with Crippen LogP contribution in [0.15, 0.2) is 59.5 Å². The number of nitrogens with one attached hydrogen (secondary N) is 2. The Morgan fingerprint density at radius 2 is 1.86 bits per heavy atom. The molecule has 0 saturated carbocycles. The molecule has 2 amide bonds. The van der Waals surface area contributed by atoms with Gasteiger partial charge in [-0.2, -0.15) is 0 Å². The maximum atomic E-state index is 12.3. The fourth-order valence-corrected chi connectivity index (χ4v) is 3.01. The number of carbonyl (C=O) groups is 2. The summed E-state index contributed by atoms with van der Waals surface area (Å²) in [5.41, 5.74) is 1.28. The van der Waals surface area contributed by atoms with Gasteiger partial charge in [0.1, 0.15) is 0 Å². The monoisotopic (exact) mass is 381 g/mol. The number of benzene rings is 1. The number of carbonyl (C=O) groups excluding carboxylic acids is 2. The number of nitrogens with zero attached hydrogens (tertiary/aromatic N) is 3. The lowest BCUT2D eigenvalue weighted by atomic mass is 10.0. The molecule has 1 atom stereocenters. The van der Waals surface area contributed by atoms with Gasteiger partial charge >= 0.3 is 5.69 Å². The molecule has 8 nitrogen and oxygen atoms in total. The number of pyridine rings is 1. The lowest BCUT2D eigenvalue weighted by Gasteiger charge is -2.18. The maximum absolute atomic E-state index is 12.3. The molecule has 0 aliphatic carbocycles. The van der Waals surface area contributed by atoms with Gasteiger partial charge in [-0.05, 0) is 24.1 Å². The Kier molecular flexibility index (Phi) is 6.21. The van der Waals surface area contributed by atoms with Crippen molar-refractivity contribution in [2.75, 3.05) is 6.54 Å². The van der Waals surface area contributed by atoms with Gasteiger partial charge in [0.05, 0.1) is 12.5 Å². The molecular weight excluding hydrogens is 358 g/mol. The Morgan fingerprint density at radius 1 is 1.11 bits per heavy atom. The van der Waals surface area contributed by atoms with E-state index >= 15 is 0 Å². The second-order valence-corrected chi connectivity index (χ2v) is 6.51. The first-order chi connectivity index (χ1) is 13.5. The quantitative estimate of drug-likeness (QED) is 0.574. The van der Waals surface area contributed by atoms with Gasteiger partial charge in [0.15, 0.2) is 5.65 Å². The first kappa shape index (κ1) is 19.3. The molecule has 3 rings (SSSR count). The lowest BCUT2D eigenvalue weighted by Crippen LogP contribution is -2.33. The highest BCUT2D eigenvalue weighted by Crippen LogP contribution is 2.16. The van der Waals surface area contributed by atoms with E-state index in [1.807, 2.05) is 36.4 Å². The van der Waals surface area contributed by atoms with Gasteiger partial charge in [-0.25, -0.2) is 9.48 Å². The molecule has 0 bridgehead atoms. The van der Waals surface area contributed by atoms with Crippen LogP contribution in [0.1, 0.15) is 31.4 Å². The van der Waals surface area contributed by atoms with Crippen molar-refractivity contribution in [3.05, 3.63) is 70.8 Å². The van der Waals surface area contributed by atoms with Crippen LogP contribution in [0, 0.1) is 0 Å². The van der Waals surface area contributed by atoms with Gasteiger partial charge in [-0.1, -0.05) is 36.4 Å². The highest BCUT2D eigenvalue weighted by atomic mass is 16.2. The standard InChI is InChI=1S/C20H23N5O3/c1-15(26)22-17(16-8-3-2-4-9-16)14-19(27)21-11-7-13-25-20(28)24-12-6-5-10-18(24)23-25/h2-6,8-10,12,17H,7,11,13-14H2,1H3,(H,21,27)(H,22,26). The van der Waals surface area contributed by atoms with Crippen LogP contribution in [0.5, 0.6) is 0 Å². The van der Waals surface area contributed by atoms with E-state index in [2.05, 4.69) is 15.7 Å². The molecule has 1 aromatic carbocycles. The Labute approximate surface area is 162 Å². The third-order valence-electron chi connectivity index (χ3n) is 4.33. The zero-order valence-electron chi connectivity index (χ0n) is 15.7. The van der Waals surface area contributed by atoms with E-state index in [0.717, 1.165) is 5.56 Å². The van der Waals surface area contributed by atoms with E-state index in [0.29, 0.717) is 25.2 Å². The summed E-state index contributed by atoms with van der Waals surface area (Å²) in [4.78, 5) is 35.9. The summed E-state index contributed by atoms with van der Waals surface area (Å²) in [7, 11) is 0. The zero-order valence-corrected chi connectivity index (χ0v) is 15.7. The molecule has 1 unspecified atom stereocenters. The summed E-state index contributed by atoms with van der Waals surface area (Å²) >= 11 is 0. The van der Waals surface area contributed by atoms with Crippen molar-refractivity contribution < 1.29 is 9.59 Å². The van der Waals surface area contributed by atoms with Crippen LogP contribution >= 0.6 is 0 Å². The van der Waals surface area contributed by atoms with Gasteiger partial charge in [0.25, 0.3) is 0 Å². The molecule has 8 heteroatoms. The van der Waals surface area contributed by atoms with Gasteiger partial charge in [-0.15, -0.1) is 5.10 Å². The summed E-state index contributed by atoms with van der Waals surface area (Å²) < 4.78 is 2.88. The van der Waals surface area contributed by atoms with Crippen molar-refractivity contribution in [2.24, 2.45) is 0 Å². The molecule has 0 saturated heterocycles. The predicted molar refractivity (Wildman–Crippen MR) is 105 cm³/mol. The summed E-state index contributed by atoms with van der Waals surface area (Å²) in [6, 6.07) is 14.4. The van der Waals surface area contributed by atoms with E-state index in [9.17, 15) is 14.4 Å². The zero-order chi connectivity index (χ0) is 19.9. The Morgan fingerprint density at radius 3 is 2.57 bits per heavy atom. The van der Waals surface area contributed by atoms with E-state index < -0.39 is 0 Å². The number of rotatable bonds is 8. The number of amides is 2. The fourth-order valence-electron chi connectivity index (χ4n) is 3.01. The van der Waals surface area contributed by atoms with E-state index in [1.54, 1.807) is 18.3 Å². The van der Waals surface area contributed by atoms with Crippen molar-refractivity contribution in [1.29, 1.82) is 0 Å². The average molecular weight is 381 g/mol. The van der Waals surface area contributed by atoms with Crippen LogP contribution in [-0.4, -0.2) is 32.5 Å². The predicted octanol–water partition coefficient (Wildman–Crippen LogP) is 1.27. The van der Waals surface area contributed by atoms with E-state index in [4.69, 9.17) is 0 Å². The first-order valence-electron chi connectivity index (χ1n) is 9.17. The Balaban J connectivity index is 1.51. The minimum absolute atomic E-state index is 0.151. The molecule has 146 valence electrons. The van der Waals surface area contributed by atoms with Gasteiger partial charge in [0.2, 0.25) is 11.8 Å². The minimum Gasteiger partial charge on any atom is -0.356 e. The van der Waals surface area contributed by atoms with Gasteiger partial charge in [-0.3, -0.25) is 14.0 Å². The number of hydrogen-bond donors (Lipinski definition) is 2. The topological polar surface area (TPSA) is 97.5 Å². The van der Waals surface area contributed by atoms with Crippen LogP contribution in [0.3, 0.4) is 0 Å². The molecule has 0 radical (unpaired) electrons. The molecule has 0 fully saturated rings. The van der Waals surface area contributed by atoms with Gasteiger partial charge in [0, 0.05) is 26.2 Å². The minimum atomic E-state index is -0.375. The third kappa shape index (κ3) is 4.85. The first-order valence-corrected chi connectivity index (χ1v) is 9.17. The average Bonchev–Trinajstić information content (AvgIpc) is 3.01. The Hall–Kier alpha value is -3.42. The molecule has 2 heterocycles. The lowest BCUT2D eigenvalue weighted by molar-refractivity contribution is -0.122. The largest absolute Gasteiger partial charge is 0.356 e.